The Morgan fingerprint density at radius 1 is 1.30 bits per heavy atom. The molecule has 2 rings (SSSR count). The molecule has 0 aliphatic carbocycles. The topological polar surface area (TPSA) is 65.6 Å². The van der Waals surface area contributed by atoms with Gasteiger partial charge in [-0.3, -0.25) is 4.90 Å². The lowest BCUT2D eigenvalue weighted by Crippen LogP contribution is -2.46. The monoisotopic (exact) mass is 278 g/mol. The molecule has 1 aromatic carbocycles. The number of carbonyl (C=O) groups excluding carboxylic acids is 1. The molecule has 110 valence electrons. The first-order valence-electron chi connectivity index (χ1n) is 6.90. The fourth-order valence-corrected chi connectivity index (χ4v) is 2.11. The second-order valence-electron chi connectivity index (χ2n) is 4.70. The molecule has 6 heteroatoms. The van der Waals surface area contributed by atoms with Gasteiger partial charge in [0.15, 0.2) is 0 Å². The van der Waals surface area contributed by atoms with Gasteiger partial charge in [0.05, 0.1) is 7.11 Å². The fraction of sp³-hybridized carbons (Fsp3) is 0.500. The largest absolute Gasteiger partial charge is 0.497 e. The third-order valence-corrected chi connectivity index (χ3v) is 3.27. The first kappa shape index (κ1) is 14.6. The quantitative estimate of drug-likeness (QED) is 0.742. The third-order valence-electron chi connectivity index (χ3n) is 3.27. The summed E-state index contributed by atoms with van der Waals surface area (Å²) in [5.41, 5.74) is 0.755. The molecule has 20 heavy (non-hydrogen) atoms. The summed E-state index contributed by atoms with van der Waals surface area (Å²) >= 11 is 0. The lowest BCUT2D eigenvalue weighted by Gasteiger charge is -2.27. The Balaban J connectivity index is 1.66. The van der Waals surface area contributed by atoms with Crippen molar-refractivity contribution in [1.29, 1.82) is 0 Å². The summed E-state index contributed by atoms with van der Waals surface area (Å²) in [5, 5.41) is 8.96. The Kier molecular flexibility index (Phi) is 5.64. The van der Waals surface area contributed by atoms with Crippen molar-refractivity contribution in [2.45, 2.75) is 0 Å². The maximum absolute atomic E-state index is 11.7. The van der Waals surface area contributed by atoms with Crippen molar-refractivity contribution in [3.63, 3.8) is 0 Å². The number of urea groups is 1. The van der Waals surface area contributed by atoms with Crippen LogP contribution in [-0.4, -0.2) is 57.3 Å². The summed E-state index contributed by atoms with van der Waals surface area (Å²) < 4.78 is 5.07. The van der Waals surface area contributed by atoms with Crippen LogP contribution in [0.1, 0.15) is 0 Å². The van der Waals surface area contributed by atoms with E-state index in [2.05, 4.69) is 20.9 Å². The highest BCUT2D eigenvalue weighted by molar-refractivity contribution is 5.89. The van der Waals surface area contributed by atoms with Gasteiger partial charge < -0.3 is 20.7 Å². The number of hydrogen-bond donors (Lipinski definition) is 3. The molecule has 1 fully saturated rings. The highest BCUT2D eigenvalue weighted by Gasteiger charge is 2.09. The van der Waals surface area contributed by atoms with Crippen LogP contribution in [0, 0.1) is 0 Å². The van der Waals surface area contributed by atoms with E-state index in [4.69, 9.17) is 4.74 Å². The molecule has 0 aromatic heterocycles. The van der Waals surface area contributed by atoms with Gasteiger partial charge in [-0.05, 0) is 24.3 Å². The molecule has 1 aromatic rings. The number of hydrogen-bond acceptors (Lipinski definition) is 4. The van der Waals surface area contributed by atoms with Gasteiger partial charge in [-0.15, -0.1) is 0 Å². The SMILES string of the molecule is COc1ccc(NC(=O)NCCN2CCNCC2)cc1. The normalized spacial score (nSPS) is 15.7. The number of piperazine rings is 1. The first-order chi connectivity index (χ1) is 9.78. The van der Waals surface area contributed by atoms with Gasteiger partial charge >= 0.3 is 6.03 Å². The molecule has 1 heterocycles. The average Bonchev–Trinajstić information content (AvgIpc) is 2.49. The highest BCUT2D eigenvalue weighted by atomic mass is 16.5. The molecule has 0 radical (unpaired) electrons. The smallest absolute Gasteiger partial charge is 0.319 e. The van der Waals surface area contributed by atoms with Crippen LogP contribution in [-0.2, 0) is 0 Å². The van der Waals surface area contributed by atoms with E-state index >= 15 is 0 Å². The summed E-state index contributed by atoms with van der Waals surface area (Å²) in [6.45, 7) is 5.68. The van der Waals surface area contributed by atoms with Gasteiger partial charge in [0.2, 0.25) is 0 Å². The number of rotatable bonds is 5. The Bertz CT molecular complexity index is 416. The zero-order valence-corrected chi connectivity index (χ0v) is 11.8. The Labute approximate surface area is 119 Å². The minimum atomic E-state index is -0.176. The third kappa shape index (κ3) is 4.71. The Morgan fingerprint density at radius 2 is 2.00 bits per heavy atom. The number of amides is 2. The molecule has 0 atom stereocenters. The van der Waals surface area contributed by atoms with E-state index in [0.717, 1.165) is 44.2 Å². The fourth-order valence-electron chi connectivity index (χ4n) is 2.11. The van der Waals surface area contributed by atoms with Crippen LogP contribution in [0.4, 0.5) is 10.5 Å². The molecular formula is C14H22N4O2. The summed E-state index contributed by atoms with van der Waals surface area (Å²) in [4.78, 5) is 14.1. The number of nitrogens with one attached hydrogen (secondary N) is 3. The summed E-state index contributed by atoms with van der Waals surface area (Å²) in [6.07, 6.45) is 0. The maximum Gasteiger partial charge on any atom is 0.319 e. The van der Waals surface area contributed by atoms with E-state index in [9.17, 15) is 4.79 Å². The lowest BCUT2D eigenvalue weighted by atomic mass is 10.3. The predicted octanol–water partition coefficient (Wildman–Crippen LogP) is 0.722. The summed E-state index contributed by atoms with van der Waals surface area (Å²) in [7, 11) is 1.62. The number of methoxy groups -OCH3 is 1. The minimum Gasteiger partial charge on any atom is -0.497 e. The van der Waals surface area contributed by atoms with Crippen LogP contribution < -0.4 is 20.7 Å². The second kappa shape index (κ2) is 7.72. The molecule has 1 aliphatic heterocycles. The molecule has 6 nitrogen and oxygen atoms in total. The number of ether oxygens (including phenoxy) is 1. The van der Waals surface area contributed by atoms with E-state index in [1.165, 1.54) is 0 Å². The molecule has 0 unspecified atom stereocenters. The van der Waals surface area contributed by atoms with Gasteiger partial charge in [0.25, 0.3) is 0 Å². The van der Waals surface area contributed by atoms with E-state index in [1.54, 1.807) is 7.11 Å². The standard InChI is InChI=1S/C14H22N4O2/c1-20-13-4-2-12(3-5-13)17-14(19)16-8-11-18-9-6-15-7-10-18/h2-5,15H,6-11H2,1H3,(H2,16,17,19). The van der Waals surface area contributed by atoms with Crippen molar-refractivity contribution in [2.24, 2.45) is 0 Å². The lowest BCUT2D eigenvalue weighted by molar-refractivity contribution is 0.233. The molecule has 0 spiro atoms. The molecule has 1 saturated heterocycles. The van der Waals surface area contributed by atoms with E-state index < -0.39 is 0 Å². The van der Waals surface area contributed by atoms with Crippen molar-refractivity contribution in [1.82, 2.24) is 15.5 Å². The number of benzene rings is 1. The van der Waals surface area contributed by atoms with Crippen LogP contribution in [0.25, 0.3) is 0 Å². The van der Waals surface area contributed by atoms with Gasteiger partial charge in [0, 0.05) is 45.0 Å². The number of anilines is 1. The maximum atomic E-state index is 11.7. The van der Waals surface area contributed by atoms with Crippen LogP contribution in [0.5, 0.6) is 5.75 Å². The van der Waals surface area contributed by atoms with Crippen LogP contribution in [0.3, 0.4) is 0 Å². The van der Waals surface area contributed by atoms with Crippen molar-refractivity contribution < 1.29 is 9.53 Å². The summed E-state index contributed by atoms with van der Waals surface area (Å²) in [5.74, 6) is 0.773. The van der Waals surface area contributed by atoms with Crippen molar-refractivity contribution in [3.05, 3.63) is 24.3 Å². The van der Waals surface area contributed by atoms with Crippen molar-refractivity contribution in [2.75, 3.05) is 51.7 Å². The second-order valence-corrected chi connectivity index (χ2v) is 4.70. The molecule has 3 N–H and O–H groups in total. The Hall–Kier alpha value is -1.79. The minimum absolute atomic E-state index is 0.176. The van der Waals surface area contributed by atoms with Gasteiger partial charge in [0.1, 0.15) is 5.75 Å². The summed E-state index contributed by atoms with van der Waals surface area (Å²) in [6, 6.07) is 7.08. The first-order valence-corrected chi connectivity index (χ1v) is 6.90. The highest BCUT2D eigenvalue weighted by Crippen LogP contribution is 2.14. The molecule has 0 saturated carbocycles. The van der Waals surface area contributed by atoms with Crippen LogP contribution in [0.2, 0.25) is 0 Å². The molecule has 2 amide bonds. The van der Waals surface area contributed by atoms with Crippen LogP contribution in [0.15, 0.2) is 24.3 Å². The number of nitrogens with zero attached hydrogens (tertiary/aromatic N) is 1. The van der Waals surface area contributed by atoms with Crippen molar-refractivity contribution >= 4 is 11.7 Å². The zero-order valence-electron chi connectivity index (χ0n) is 11.8. The van der Waals surface area contributed by atoms with Crippen molar-refractivity contribution in [3.8, 4) is 5.75 Å². The zero-order chi connectivity index (χ0) is 14.2. The number of carbonyl (C=O) groups is 1. The van der Waals surface area contributed by atoms with Gasteiger partial charge in [-0.1, -0.05) is 0 Å². The Morgan fingerprint density at radius 3 is 2.65 bits per heavy atom. The van der Waals surface area contributed by atoms with E-state index in [-0.39, 0.29) is 6.03 Å². The van der Waals surface area contributed by atoms with E-state index in [1.807, 2.05) is 24.3 Å². The van der Waals surface area contributed by atoms with E-state index in [0.29, 0.717) is 6.54 Å². The van der Waals surface area contributed by atoms with Crippen LogP contribution >= 0.6 is 0 Å². The molecule has 1 aliphatic rings. The van der Waals surface area contributed by atoms with Gasteiger partial charge in [-0.25, -0.2) is 4.79 Å². The molecular weight excluding hydrogens is 256 g/mol. The molecule has 0 bridgehead atoms. The predicted molar refractivity (Wildman–Crippen MR) is 79.3 cm³/mol. The van der Waals surface area contributed by atoms with Gasteiger partial charge in [-0.2, -0.15) is 0 Å². The average molecular weight is 278 g/mol.